The average Bonchev–Trinajstić information content (AvgIpc) is 2.69. The van der Waals surface area contributed by atoms with Crippen LogP contribution in [0.3, 0.4) is 0 Å². The van der Waals surface area contributed by atoms with E-state index in [2.05, 4.69) is 4.74 Å². The van der Waals surface area contributed by atoms with Gasteiger partial charge in [-0.15, -0.1) is 11.3 Å². The second-order valence-electron chi connectivity index (χ2n) is 3.28. The number of rotatable bonds is 5. The summed E-state index contributed by atoms with van der Waals surface area (Å²) >= 11 is 0.632. The molecule has 1 aromatic rings. The predicted molar refractivity (Wildman–Crippen MR) is 63.2 cm³/mol. The minimum Gasteiger partial charge on any atom is -0.477 e. The number of carboxylic acids is 1. The average molecular weight is 293 g/mol. The number of esters is 1. The molecule has 1 rings (SSSR count). The molecule has 0 aliphatic rings. The predicted octanol–water partition coefficient (Wildman–Crippen LogP) is 0.206. The van der Waals surface area contributed by atoms with Crippen LogP contribution >= 0.6 is 11.3 Å². The maximum atomic E-state index is 11.7. The normalized spacial score (nSPS) is 11.2. The number of nitrogens with one attached hydrogen (secondary N) is 1. The third-order valence-electron chi connectivity index (χ3n) is 1.99. The molecule has 0 aliphatic carbocycles. The number of carboxylic acid groups (broad SMARTS) is 1. The van der Waals surface area contributed by atoms with Gasteiger partial charge in [0.25, 0.3) is 10.0 Å². The molecule has 18 heavy (non-hydrogen) atoms. The number of methoxy groups -OCH3 is 1. The zero-order chi connectivity index (χ0) is 13.9. The van der Waals surface area contributed by atoms with Crippen LogP contribution in [0.15, 0.2) is 10.3 Å². The van der Waals surface area contributed by atoms with Crippen molar-refractivity contribution in [2.75, 3.05) is 13.7 Å². The molecule has 0 saturated heterocycles. The van der Waals surface area contributed by atoms with E-state index in [9.17, 15) is 18.0 Å². The smallest absolute Gasteiger partial charge is 0.346 e. The van der Waals surface area contributed by atoms with Crippen LogP contribution in [0.1, 0.15) is 15.2 Å². The van der Waals surface area contributed by atoms with Crippen molar-refractivity contribution in [3.05, 3.63) is 16.5 Å². The van der Waals surface area contributed by atoms with Gasteiger partial charge in [-0.05, 0) is 18.6 Å². The van der Waals surface area contributed by atoms with E-state index in [-0.39, 0.29) is 9.09 Å². The molecule has 0 bridgehead atoms. The molecular formula is C9H11NO6S2. The first-order valence-electron chi connectivity index (χ1n) is 4.68. The molecule has 100 valence electrons. The molecular weight excluding hydrogens is 282 g/mol. The lowest BCUT2D eigenvalue weighted by atomic mass is 10.3. The van der Waals surface area contributed by atoms with Gasteiger partial charge in [0.05, 0.1) is 7.11 Å². The Kier molecular flexibility index (Phi) is 4.43. The second kappa shape index (κ2) is 5.46. The van der Waals surface area contributed by atoms with Gasteiger partial charge in [0.2, 0.25) is 0 Å². The first-order valence-corrected chi connectivity index (χ1v) is 6.98. The Morgan fingerprint density at radius 1 is 1.50 bits per heavy atom. The topological polar surface area (TPSA) is 110 Å². The third-order valence-corrected chi connectivity index (χ3v) is 5.09. The molecule has 0 spiro atoms. The Labute approximate surface area is 107 Å². The van der Waals surface area contributed by atoms with Crippen molar-refractivity contribution >= 4 is 33.3 Å². The Morgan fingerprint density at radius 3 is 2.56 bits per heavy atom. The van der Waals surface area contributed by atoms with Crippen molar-refractivity contribution < 1.29 is 27.9 Å². The number of thiophene rings is 1. The summed E-state index contributed by atoms with van der Waals surface area (Å²) in [6.45, 7) is 0.997. The molecule has 2 N–H and O–H groups in total. The third kappa shape index (κ3) is 3.28. The highest BCUT2D eigenvalue weighted by Crippen LogP contribution is 2.25. The maximum absolute atomic E-state index is 11.7. The quantitative estimate of drug-likeness (QED) is 0.751. The fraction of sp³-hybridized carbons (Fsp3) is 0.333. The van der Waals surface area contributed by atoms with E-state index < -0.39 is 28.5 Å². The van der Waals surface area contributed by atoms with Gasteiger partial charge < -0.3 is 9.84 Å². The Hall–Kier alpha value is -1.45. The van der Waals surface area contributed by atoms with Crippen molar-refractivity contribution in [3.8, 4) is 0 Å². The molecule has 7 nitrogen and oxygen atoms in total. The van der Waals surface area contributed by atoms with Gasteiger partial charge >= 0.3 is 11.9 Å². The summed E-state index contributed by atoms with van der Waals surface area (Å²) in [5.74, 6) is -1.92. The van der Waals surface area contributed by atoms with Crippen molar-refractivity contribution in [2.45, 2.75) is 11.1 Å². The molecule has 0 radical (unpaired) electrons. The van der Waals surface area contributed by atoms with Gasteiger partial charge in [-0.2, -0.15) is 4.72 Å². The SMILES string of the molecule is COC(=O)CNS(=O)(=O)c1cc(C)c(C(=O)O)s1. The van der Waals surface area contributed by atoms with Crippen LogP contribution in [-0.2, 0) is 19.6 Å². The molecule has 1 aromatic heterocycles. The molecule has 0 aliphatic heterocycles. The zero-order valence-electron chi connectivity index (χ0n) is 9.59. The van der Waals surface area contributed by atoms with Crippen molar-refractivity contribution in [2.24, 2.45) is 0 Å². The van der Waals surface area contributed by atoms with Crippen LogP contribution in [0.4, 0.5) is 0 Å². The van der Waals surface area contributed by atoms with E-state index in [1.54, 1.807) is 0 Å². The van der Waals surface area contributed by atoms with Crippen LogP contribution in [0, 0.1) is 6.92 Å². The van der Waals surface area contributed by atoms with Gasteiger partial charge in [-0.3, -0.25) is 4.79 Å². The van der Waals surface area contributed by atoms with E-state index in [1.807, 2.05) is 4.72 Å². The molecule has 0 saturated carbocycles. The largest absolute Gasteiger partial charge is 0.477 e. The van der Waals surface area contributed by atoms with E-state index in [0.29, 0.717) is 16.9 Å². The molecule has 0 amide bonds. The molecule has 1 heterocycles. The van der Waals surface area contributed by atoms with Crippen LogP contribution in [0.2, 0.25) is 0 Å². The minimum absolute atomic E-state index is 0.0477. The molecule has 0 atom stereocenters. The van der Waals surface area contributed by atoms with Crippen LogP contribution in [0.25, 0.3) is 0 Å². The molecule has 0 unspecified atom stereocenters. The van der Waals surface area contributed by atoms with Gasteiger partial charge in [-0.1, -0.05) is 0 Å². The number of sulfonamides is 1. The zero-order valence-corrected chi connectivity index (χ0v) is 11.2. The lowest BCUT2D eigenvalue weighted by Crippen LogP contribution is -2.29. The summed E-state index contributed by atoms with van der Waals surface area (Å²) in [6.07, 6.45) is 0. The van der Waals surface area contributed by atoms with Crippen molar-refractivity contribution in [1.29, 1.82) is 0 Å². The van der Waals surface area contributed by atoms with E-state index in [4.69, 9.17) is 5.11 Å². The second-order valence-corrected chi connectivity index (χ2v) is 6.33. The van der Waals surface area contributed by atoms with Crippen molar-refractivity contribution in [1.82, 2.24) is 4.72 Å². The summed E-state index contributed by atoms with van der Waals surface area (Å²) in [7, 11) is -2.76. The number of hydrogen-bond acceptors (Lipinski definition) is 6. The van der Waals surface area contributed by atoms with Crippen LogP contribution in [-0.4, -0.2) is 39.1 Å². The first-order chi connectivity index (χ1) is 8.27. The Balaban J connectivity index is 2.95. The molecule has 0 fully saturated rings. The van der Waals surface area contributed by atoms with Crippen LogP contribution < -0.4 is 4.72 Å². The van der Waals surface area contributed by atoms with Crippen LogP contribution in [0.5, 0.6) is 0 Å². The standard InChI is InChI=1S/C9H11NO6S2/c1-5-3-7(17-8(5)9(12)13)18(14,15)10-4-6(11)16-2/h3,10H,4H2,1-2H3,(H,12,13). The van der Waals surface area contributed by atoms with E-state index >= 15 is 0 Å². The summed E-state index contributed by atoms with van der Waals surface area (Å²) in [4.78, 5) is 21.6. The highest BCUT2D eigenvalue weighted by atomic mass is 32.2. The molecule has 0 aromatic carbocycles. The maximum Gasteiger partial charge on any atom is 0.346 e. The van der Waals surface area contributed by atoms with Gasteiger partial charge in [-0.25, -0.2) is 13.2 Å². The lowest BCUT2D eigenvalue weighted by molar-refractivity contribution is -0.139. The minimum atomic E-state index is -3.90. The summed E-state index contributed by atoms with van der Waals surface area (Å²) in [5.41, 5.74) is 0.353. The number of hydrogen-bond donors (Lipinski definition) is 2. The fourth-order valence-electron chi connectivity index (χ4n) is 1.09. The number of carbonyl (C=O) groups excluding carboxylic acids is 1. The molecule has 9 heteroatoms. The number of carbonyl (C=O) groups is 2. The van der Waals surface area contributed by atoms with E-state index in [1.165, 1.54) is 13.0 Å². The highest BCUT2D eigenvalue weighted by molar-refractivity contribution is 7.91. The number of aromatic carboxylic acids is 1. The monoisotopic (exact) mass is 293 g/mol. The summed E-state index contributed by atoms with van der Waals surface area (Å²) in [5, 5.41) is 8.82. The Morgan fingerprint density at radius 2 is 2.11 bits per heavy atom. The van der Waals surface area contributed by atoms with Gasteiger partial charge in [0.15, 0.2) is 0 Å². The first kappa shape index (κ1) is 14.6. The lowest BCUT2D eigenvalue weighted by Gasteiger charge is -2.02. The van der Waals surface area contributed by atoms with Crippen molar-refractivity contribution in [3.63, 3.8) is 0 Å². The number of ether oxygens (including phenoxy) is 1. The Bertz CT molecular complexity index is 574. The summed E-state index contributed by atoms with van der Waals surface area (Å²) in [6, 6.07) is 1.24. The van der Waals surface area contributed by atoms with Gasteiger partial charge in [0, 0.05) is 0 Å². The van der Waals surface area contributed by atoms with E-state index in [0.717, 1.165) is 7.11 Å². The van der Waals surface area contributed by atoms with Gasteiger partial charge in [0.1, 0.15) is 15.6 Å². The number of aryl methyl sites for hydroxylation is 1. The summed E-state index contributed by atoms with van der Waals surface area (Å²) < 4.78 is 29.6. The fourth-order valence-corrected chi connectivity index (χ4v) is 3.49. The highest BCUT2D eigenvalue weighted by Gasteiger charge is 2.22.